The maximum Gasteiger partial charge on any atom is 0.319 e. The Kier molecular flexibility index (Phi) is 7.45. The van der Waals surface area contributed by atoms with E-state index in [4.69, 9.17) is 18.7 Å². The van der Waals surface area contributed by atoms with Gasteiger partial charge in [-0.15, -0.1) is 0 Å². The van der Waals surface area contributed by atoms with E-state index >= 15 is 0 Å². The highest BCUT2D eigenvalue weighted by atomic mass is 16.5. The summed E-state index contributed by atoms with van der Waals surface area (Å²) in [4.78, 5) is 12.2. The molecule has 0 radical (unpaired) electrons. The van der Waals surface area contributed by atoms with Crippen molar-refractivity contribution in [1.82, 2.24) is 10.5 Å². The SMILES string of the molecule is COCc1cc(C[C@@H]2CC[C@H](O)[C@@H](CNC(=O)Nc3cccc(OC)c3)O2)no1. The molecular weight excluding hydrogens is 378 g/mol. The molecule has 3 atom stereocenters. The van der Waals surface area contributed by atoms with Crippen molar-refractivity contribution in [3.05, 3.63) is 41.8 Å². The van der Waals surface area contributed by atoms with Gasteiger partial charge in [-0.25, -0.2) is 4.79 Å². The van der Waals surface area contributed by atoms with Crippen LogP contribution in [-0.4, -0.2) is 55.4 Å². The largest absolute Gasteiger partial charge is 0.497 e. The fraction of sp³-hybridized carbons (Fsp3) is 0.500. The van der Waals surface area contributed by atoms with Crippen LogP contribution in [0.4, 0.5) is 10.5 Å². The zero-order chi connectivity index (χ0) is 20.6. The Balaban J connectivity index is 1.47. The minimum absolute atomic E-state index is 0.104. The van der Waals surface area contributed by atoms with E-state index in [2.05, 4.69) is 15.8 Å². The van der Waals surface area contributed by atoms with Crippen molar-refractivity contribution < 1.29 is 28.6 Å². The molecule has 29 heavy (non-hydrogen) atoms. The van der Waals surface area contributed by atoms with Crippen LogP contribution in [0.5, 0.6) is 5.75 Å². The van der Waals surface area contributed by atoms with Gasteiger partial charge in [0.15, 0.2) is 5.76 Å². The van der Waals surface area contributed by atoms with Crippen LogP contribution in [0, 0.1) is 0 Å². The summed E-state index contributed by atoms with van der Waals surface area (Å²) in [6.45, 7) is 0.563. The molecule has 3 rings (SSSR count). The predicted octanol–water partition coefficient (Wildman–Crippen LogP) is 2.10. The molecule has 0 spiro atoms. The molecule has 9 nitrogen and oxygen atoms in total. The molecule has 2 heterocycles. The predicted molar refractivity (Wildman–Crippen MR) is 105 cm³/mol. The van der Waals surface area contributed by atoms with Crippen LogP contribution in [0.1, 0.15) is 24.3 Å². The van der Waals surface area contributed by atoms with Crippen molar-refractivity contribution in [2.75, 3.05) is 26.1 Å². The fourth-order valence-electron chi connectivity index (χ4n) is 3.25. The summed E-state index contributed by atoms with van der Waals surface area (Å²) in [7, 11) is 3.16. The highest BCUT2D eigenvalue weighted by Crippen LogP contribution is 2.23. The van der Waals surface area contributed by atoms with E-state index in [0.717, 1.165) is 5.69 Å². The van der Waals surface area contributed by atoms with Gasteiger partial charge in [0.25, 0.3) is 0 Å². The van der Waals surface area contributed by atoms with Crippen molar-refractivity contribution in [1.29, 1.82) is 0 Å². The number of anilines is 1. The van der Waals surface area contributed by atoms with Crippen molar-refractivity contribution >= 4 is 11.7 Å². The van der Waals surface area contributed by atoms with Crippen LogP contribution in [0.2, 0.25) is 0 Å². The Morgan fingerprint density at radius 1 is 1.31 bits per heavy atom. The Morgan fingerprint density at radius 3 is 2.97 bits per heavy atom. The highest BCUT2D eigenvalue weighted by molar-refractivity contribution is 5.89. The first kappa shape index (κ1) is 21.1. The van der Waals surface area contributed by atoms with Crippen LogP contribution >= 0.6 is 0 Å². The number of rotatable bonds is 8. The number of aromatic nitrogens is 1. The van der Waals surface area contributed by atoms with Crippen LogP contribution in [0.15, 0.2) is 34.9 Å². The molecule has 3 N–H and O–H groups in total. The van der Waals surface area contributed by atoms with Crippen molar-refractivity contribution in [3.63, 3.8) is 0 Å². The lowest BCUT2D eigenvalue weighted by atomic mass is 9.98. The summed E-state index contributed by atoms with van der Waals surface area (Å²) in [5.74, 6) is 1.31. The Hall–Kier alpha value is -2.62. The van der Waals surface area contributed by atoms with E-state index in [1.165, 1.54) is 0 Å². The van der Waals surface area contributed by atoms with Gasteiger partial charge in [-0.05, 0) is 25.0 Å². The average Bonchev–Trinajstić information content (AvgIpc) is 3.15. The normalized spacial score (nSPS) is 21.6. The van der Waals surface area contributed by atoms with Crippen molar-refractivity contribution in [2.24, 2.45) is 0 Å². The second-order valence-corrected chi connectivity index (χ2v) is 6.93. The summed E-state index contributed by atoms with van der Waals surface area (Å²) in [6, 6.07) is 8.53. The third-order valence-electron chi connectivity index (χ3n) is 4.70. The minimum atomic E-state index is -0.635. The number of carbonyl (C=O) groups excluding carboxylic acids is 1. The fourth-order valence-corrected chi connectivity index (χ4v) is 3.25. The summed E-state index contributed by atoms with van der Waals surface area (Å²) in [6.07, 6.45) is 0.649. The number of hydrogen-bond acceptors (Lipinski definition) is 7. The number of nitrogens with one attached hydrogen (secondary N) is 2. The van der Waals surface area contributed by atoms with Crippen molar-refractivity contribution in [3.8, 4) is 5.75 Å². The zero-order valence-electron chi connectivity index (χ0n) is 16.6. The average molecular weight is 405 g/mol. The maximum absolute atomic E-state index is 12.2. The maximum atomic E-state index is 12.2. The first-order valence-electron chi connectivity index (χ1n) is 9.53. The first-order valence-corrected chi connectivity index (χ1v) is 9.53. The molecule has 0 bridgehead atoms. The van der Waals surface area contributed by atoms with Gasteiger partial charge in [-0.1, -0.05) is 11.2 Å². The number of urea groups is 1. The van der Waals surface area contributed by atoms with E-state index in [1.54, 1.807) is 38.5 Å². The number of methoxy groups -OCH3 is 2. The molecular formula is C20H27N3O6. The molecule has 0 unspecified atom stereocenters. The van der Waals surface area contributed by atoms with Crippen LogP contribution in [0.25, 0.3) is 0 Å². The third-order valence-corrected chi connectivity index (χ3v) is 4.70. The molecule has 1 aliphatic rings. The molecule has 1 fully saturated rings. The summed E-state index contributed by atoms with van der Waals surface area (Å²) in [5.41, 5.74) is 1.39. The second kappa shape index (κ2) is 10.2. The van der Waals surface area contributed by atoms with Gasteiger partial charge in [-0.2, -0.15) is 0 Å². The Bertz CT molecular complexity index is 796. The highest BCUT2D eigenvalue weighted by Gasteiger charge is 2.30. The molecule has 2 amide bonds. The Morgan fingerprint density at radius 2 is 2.17 bits per heavy atom. The number of ether oxygens (including phenoxy) is 3. The Labute approximate surface area is 169 Å². The van der Waals surface area contributed by atoms with Gasteiger partial charge in [0.2, 0.25) is 0 Å². The second-order valence-electron chi connectivity index (χ2n) is 6.93. The van der Waals surface area contributed by atoms with Gasteiger partial charge in [0, 0.05) is 37.9 Å². The minimum Gasteiger partial charge on any atom is -0.497 e. The molecule has 1 saturated heterocycles. The number of benzene rings is 1. The van der Waals surface area contributed by atoms with Crippen molar-refractivity contribution in [2.45, 2.75) is 44.2 Å². The smallest absolute Gasteiger partial charge is 0.319 e. The topological polar surface area (TPSA) is 115 Å². The molecule has 158 valence electrons. The van der Waals surface area contributed by atoms with E-state index in [1.807, 2.05) is 6.07 Å². The van der Waals surface area contributed by atoms with E-state index in [0.29, 0.717) is 43.1 Å². The monoisotopic (exact) mass is 405 g/mol. The molecule has 2 aromatic rings. The third kappa shape index (κ3) is 6.18. The summed E-state index contributed by atoms with van der Waals surface area (Å²) >= 11 is 0. The number of aliphatic hydroxyl groups is 1. The molecule has 0 saturated carbocycles. The lowest BCUT2D eigenvalue weighted by molar-refractivity contribution is -0.113. The number of aliphatic hydroxyl groups excluding tert-OH is 1. The number of amides is 2. The summed E-state index contributed by atoms with van der Waals surface area (Å²) in [5, 5.41) is 19.7. The molecule has 1 aromatic carbocycles. The van der Waals surface area contributed by atoms with Gasteiger partial charge in [0.05, 0.1) is 25.0 Å². The zero-order valence-corrected chi connectivity index (χ0v) is 16.6. The lowest BCUT2D eigenvalue weighted by Crippen LogP contribution is -2.47. The quantitative estimate of drug-likeness (QED) is 0.616. The molecule has 9 heteroatoms. The van der Waals surface area contributed by atoms with Gasteiger partial charge in [0.1, 0.15) is 18.5 Å². The van der Waals surface area contributed by atoms with E-state index in [9.17, 15) is 9.90 Å². The summed E-state index contributed by atoms with van der Waals surface area (Å²) < 4.78 is 21.3. The van der Waals surface area contributed by atoms with Gasteiger partial charge >= 0.3 is 6.03 Å². The van der Waals surface area contributed by atoms with Crippen LogP contribution in [0.3, 0.4) is 0 Å². The lowest BCUT2D eigenvalue weighted by Gasteiger charge is -2.33. The number of nitrogens with zero attached hydrogens (tertiary/aromatic N) is 1. The van der Waals surface area contributed by atoms with Gasteiger partial charge in [-0.3, -0.25) is 0 Å². The van der Waals surface area contributed by atoms with Crippen LogP contribution in [-0.2, 0) is 22.5 Å². The van der Waals surface area contributed by atoms with Crippen LogP contribution < -0.4 is 15.4 Å². The number of hydrogen-bond donors (Lipinski definition) is 3. The number of carbonyl (C=O) groups is 1. The van der Waals surface area contributed by atoms with Gasteiger partial charge < -0.3 is 34.5 Å². The van der Waals surface area contributed by atoms with E-state index in [-0.39, 0.29) is 18.7 Å². The molecule has 1 aliphatic heterocycles. The van der Waals surface area contributed by atoms with E-state index < -0.39 is 12.2 Å². The molecule has 0 aliphatic carbocycles. The standard InChI is InChI=1S/C20H27N3O6/c1-26-12-17-10-14(23-29-17)9-16-6-7-18(24)19(28-16)11-21-20(25)22-13-4-3-5-15(8-13)27-2/h3-5,8,10,16,18-19,24H,6-7,9,11-12H2,1-2H3,(H2,21,22,25)/t16-,18-,19+/m0/s1. The first-order chi connectivity index (χ1) is 14.1. The molecule has 1 aromatic heterocycles.